The highest BCUT2D eigenvalue weighted by Gasteiger charge is 2.41. The number of aliphatic hydroxyl groups is 1. The van der Waals surface area contributed by atoms with Gasteiger partial charge in [0.25, 0.3) is 0 Å². The molecule has 0 saturated heterocycles. The predicted molar refractivity (Wildman–Crippen MR) is 142 cm³/mol. The van der Waals surface area contributed by atoms with Crippen molar-refractivity contribution in [3.63, 3.8) is 0 Å². The maximum atomic E-state index is 8.29. The second-order valence-electron chi connectivity index (χ2n) is 10.8. The fourth-order valence-corrected chi connectivity index (χ4v) is 6.38. The Morgan fingerprint density at radius 1 is 0.906 bits per heavy atom. The van der Waals surface area contributed by atoms with Crippen LogP contribution in [0, 0.1) is 0 Å². The number of hydrogen-bond acceptors (Lipinski definition) is 3. The number of thiazole rings is 1. The minimum Gasteiger partial charge on any atom is -0.396 e. The largest absolute Gasteiger partial charge is 0.396 e. The van der Waals surface area contributed by atoms with Crippen molar-refractivity contribution in [3.05, 3.63) is 39.7 Å². The van der Waals surface area contributed by atoms with Crippen LogP contribution in [0.5, 0.6) is 0 Å². The van der Waals surface area contributed by atoms with E-state index in [1.165, 1.54) is 78.8 Å². The monoisotopic (exact) mass is 457 g/mol. The Kier molecular flexibility index (Phi) is 10.4. The molecule has 1 aromatic heterocycles. The highest BCUT2D eigenvalue weighted by atomic mass is 32.1. The minimum absolute atomic E-state index is 0.251. The first-order valence-corrected chi connectivity index (χ1v) is 13.8. The molecular weight excluding hydrogens is 410 g/mol. The van der Waals surface area contributed by atoms with Gasteiger partial charge in [-0.1, -0.05) is 92.7 Å². The third-order valence-electron chi connectivity index (χ3n) is 6.81. The molecule has 2 nitrogen and oxygen atoms in total. The molecule has 2 aromatic rings. The van der Waals surface area contributed by atoms with E-state index in [-0.39, 0.29) is 10.8 Å². The van der Waals surface area contributed by atoms with Gasteiger partial charge in [-0.3, -0.25) is 0 Å². The molecule has 1 aliphatic carbocycles. The number of unbranched alkanes of at least 4 members (excludes halogenated alkanes) is 3. The van der Waals surface area contributed by atoms with Crippen LogP contribution in [-0.4, -0.2) is 16.7 Å². The Labute approximate surface area is 201 Å². The van der Waals surface area contributed by atoms with Crippen LogP contribution in [0.3, 0.4) is 0 Å². The van der Waals surface area contributed by atoms with Gasteiger partial charge in [-0.15, -0.1) is 11.3 Å². The van der Waals surface area contributed by atoms with Gasteiger partial charge < -0.3 is 5.11 Å². The Hall–Kier alpha value is -1.19. The number of aromatic nitrogens is 1. The molecule has 1 aliphatic rings. The zero-order chi connectivity index (χ0) is 23.8. The molecule has 0 aliphatic heterocycles. The molecule has 0 fully saturated rings. The van der Waals surface area contributed by atoms with Crippen molar-refractivity contribution >= 4 is 11.3 Å². The lowest BCUT2D eigenvalue weighted by Gasteiger charge is -2.22. The maximum absolute atomic E-state index is 8.29. The normalized spacial score (nSPS) is 16.0. The molecular formula is C29H47NOS. The summed E-state index contributed by atoms with van der Waals surface area (Å²) in [6.45, 7) is 16.6. The molecule has 180 valence electrons. The molecule has 3 rings (SSSR count). The van der Waals surface area contributed by atoms with Crippen molar-refractivity contribution in [1.29, 1.82) is 0 Å². The van der Waals surface area contributed by atoms with Crippen molar-refractivity contribution in [2.75, 3.05) is 6.61 Å². The number of fused-ring (bicyclic) bond motifs is 1. The Morgan fingerprint density at radius 3 is 2.16 bits per heavy atom. The summed E-state index contributed by atoms with van der Waals surface area (Å²) >= 11 is 1.85. The lowest BCUT2D eigenvalue weighted by molar-refractivity contribution is 0.283. The molecule has 1 N–H and O–H groups in total. The van der Waals surface area contributed by atoms with E-state index in [1.54, 1.807) is 0 Å². The summed E-state index contributed by atoms with van der Waals surface area (Å²) in [4.78, 5) is 5.05. The van der Waals surface area contributed by atoms with Gasteiger partial charge in [0, 0.05) is 23.5 Å². The fourth-order valence-electron chi connectivity index (χ4n) is 5.38. The Morgan fingerprint density at radius 2 is 1.56 bits per heavy atom. The summed E-state index contributed by atoms with van der Waals surface area (Å²) in [5, 5.41) is 11.9. The van der Waals surface area contributed by atoms with Crippen molar-refractivity contribution in [1.82, 2.24) is 4.98 Å². The van der Waals surface area contributed by atoms with E-state index in [0.717, 1.165) is 6.42 Å². The lowest BCUT2D eigenvalue weighted by Crippen LogP contribution is -2.17. The van der Waals surface area contributed by atoms with E-state index in [4.69, 9.17) is 10.1 Å². The van der Waals surface area contributed by atoms with Gasteiger partial charge in [0.2, 0.25) is 0 Å². The first kappa shape index (κ1) is 27.1. The summed E-state index contributed by atoms with van der Waals surface area (Å²) < 4.78 is 0. The average Bonchev–Trinajstić information content (AvgIpc) is 3.30. The molecule has 0 unspecified atom stereocenters. The lowest BCUT2D eigenvalue weighted by atomic mass is 9.82. The molecule has 3 heteroatoms. The minimum atomic E-state index is 0.251. The third kappa shape index (κ3) is 6.90. The van der Waals surface area contributed by atoms with E-state index in [2.05, 4.69) is 72.0 Å². The topological polar surface area (TPSA) is 33.1 Å². The molecule has 0 atom stereocenters. The van der Waals surface area contributed by atoms with Crippen molar-refractivity contribution in [2.45, 2.75) is 123 Å². The van der Waals surface area contributed by atoms with Crippen molar-refractivity contribution in [3.8, 4) is 11.3 Å². The van der Waals surface area contributed by atoms with E-state index >= 15 is 0 Å². The van der Waals surface area contributed by atoms with E-state index < -0.39 is 0 Å². The van der Waals surface area contributed by atoms with Crippen molar-refractivity contribution in [2.24, 2.45) is 0 Å². The molecule has 0 bridgehead atoms. The summed E-state index contributed by atoms with van der Waals surface area (Å²) in [6.07, 6.45) is 10.9. The van der Waals surface area contributed by atoms with Crippen LogP contribution in [-0.2, 0) is 10.8 Å². The molecule has 1 aromatic carbocycles. The number of hydrogen-bond donors (Lipinski definition) is 1. The molecule has 0 amide bonds. The zero-order valence-corrected chi connectivity index (χ0v) is 22.6. The first-order valence-electron chi connectivity index (χ1n) is 12.9. The molecule has 0 saturated carbocycles. The summed E-state index contributed by atoms with van der Waals surface area (Å²) in [7, 11) is 0. The van der Waals surface area contributed by atoms with Gasteiger partial charge in [-0.25, -0.2) is 4.98 Å². The highest BCUT2D eigenvalue weighted by molar-refractivity contribution is 7.10. The van der Waals surface area contributed by atoms with Crippen LogP contribution in [0.15, 0.2) is 23.6 Å². The van der Waals surface area contributed by atoms with Crippen LogP contribution < -0.4 is 0 Å². The molecule has 0 spiro atoms. The van der Waals surface area contributed by atoms with Crippen molar-refractivity contribution < 1.29 is 5.11 Å². The van der Waals surface area contributed by atoms with Gasteiger partial charge in [0.05, 0.1) is 10.7 Å². The maximum Gasteiger partial charge on any atom is 0.0963 e. The van der Waals surface area contributed by atoms with Crippen LogP contribution in [0.1, 0.15) is 128 Å². The number of benzene rings is 1. The molecule has 1 heterocycles. The van der Waals surface area contributed by atoms with Gasteiger partial charge in [0.15, 0.2) is 0 Å². The average molecular weight is 458 g/mol. The number of rotatable bonds is 10. The van der Waals surface area contributed by atoms with Gasteiger partial charge in [0.1, 0.15) is 0 Å². The first-order chi connectivity index (χ1) is 15.2. The quantitative estimate of drug-likeness (QED) is 0.361. The fraction of sp³-hybridized carbons (Fsp3) is 0.690. The molecule has 32 heavy (non-hydrogen) atoms. The van der Waals surface area contributed by atoms with Gasteiger partial charge in [-0.05, 0) is 53.7 Å². The van der Waals surface area contributed by atoms with Crippen LogP contribution in [0.4, 0.5) is 0 Å². The van der Waals surface area contributed by atoms with Gasteiger partial charge >= 0.3 is 0 Å². The zero-order valence-electron chi connectivity index (χ0n) is 21.8. The van der Waals surface area contributed by atoms with E-state index in [0.29, 0.717) is 12.5 Å². The Bertz CT molecular complexity index is 810. The number of nitrogens with zero attached hydrogens (tertiary/aromatic N) is 1. The summed E-state index contributed by atoms with van der Waals surface area (Å²) in [5.41, 5.74) is 6.02. The standard InChI is InChI=1S/C23H33NS.C6H14O/c1-7-9-16(10-8-2)21-24-20(14-25-21)17-11-12-18-19(13-17)23(5,6)15-22(18,3)4;1-2-3-4-5-6-7/h11-14,16H,7-10,15H2,1-6H3;7H,2-6H2,1H3. The van der Waals surface area contributed by atoms with Crippen LogP contribution in [0.2, 0.25) is 0 Å². The smallest absolute Gasteiger partial charge is 0.0963 e. The van der Waals surface area contributed by atoms with Crippen LogP contribution in [0.25, 0.3) is 11.3 Å². The summed E-state index contributed by atoms with van der Waals surface area (Å²) in [6, 6.07) is 7.06. The third-order valence-corrected chi connectivity index (χ3v) is 7.82. The molecule has 0 radical (unpaired) electrons. The van der Waals surface area contributed by atoms with Crippen LogP contribution >= 0.6 is 11.3 Å². The Balaban J connectivity index is 0.000000451. The predicted octanol–water partition coefficient (Wildman–Crippen LogP) is 9.01. The second-order valence-corrected chi connectivity index (χ2v) is 11.7. The van der Waals surface area contributed by atoms with E-state index in [1.807, 2.05) is 11.3 Å². The SMILES string of the molecule is CCCC(CCC)c1nc(-c2ccc3c(c2)C(C)(C)CC3(C)C)cs1.CCCCCCO. The second kappa shape index (κ2) is 12.3. The van der Waals surface area contributed by atoms with E-state index in [9.17, 15) is 0 Å². The number of aliphatic hydroxyl groups excluding tert-OH is 1. The van der Waals surface area contributed by atoms with Gasteiger partial charge in [-0.2, -0.15) is 0 Å². The summed E-state index contributed by atoms with van der Waals surface area (Å²) in [5.74, 6) is 0.638. The highest BCUT2D eigenvalue weighted by Crippen LogP contribution is 2.50.